The van der Waals surface area contributed by atoms with Crippen LogP contribution in [0.4, 0.5) is 16.2 Å². The largest absolute Gasteiger partial charge is 0.368 e. The first-order valence-corrected chi connectivity index (χ1v) is 8.92. The van der Waals surface area contributed by atoms with Crippen molar-refractivity contribution in [2.75, 3.05) is 36.8 Å². The minimum atomic E-state index is -1.27. The van der Waals surface area contributed by atoms with Gasteiger partial charge in [0.1, 0.15) is 5.84 Å². The molecule has 140 valence electrons. The fourth-order valence-corrected chi connectivity index (χ4v) is 3.20. The van der Waals surface area contributed by atoms with Crippen LogP contribution in [0.15, 0.2) is 53.5 Å². The van der Waals surface area contributed by atoms with E-state index in [1.807, 2.05) is 24.3 Å². The van der Waals surface area contributed by atoms with Crippen LogP contribution in [0, 0.1) is 0 Å². The molecule has 4 rings (SSSR count). The van der Waals surface area contributed by atoms with Gasteiger partial charge in [-0.15, -0.1) is 0 Å². The van der Waals surface area contributed by atoms with Crippen LogP contribution in [-0.4, -0.2) is 43.2 Å². The molecular formula is C19H22N6O2. The third-order valence-corrected chi connectivity index (χ3v) is 4.49. The molecule has 8 heteroatoms. The van der Waals surface area contributed by atoms with E-state index in [1.165, 1.54) is 0 Å². The molecular weight excluding hydrogens is 344 g/mol. The second-order valence-corrected chi connectivity index (χ2v) is 6.46. The second-order valence-electron chi connectivity index (χ2n) is 6.46. The molecule has 2 heterocycles. The van der Waals surface area contributed by atoms with E-state index in [-0.39, 0.29) is 6.03 Å². The highest BCUT2D eigenvalue weighted by molar-refractivity contribution is 6.03. The van der Waals surface area contributed by atoms with Crippen LogP contribution >= 0.6 is 0 Å². The number of hydrogen-bond donors (Lipinski definition) is 6. The van der Waals surface area contributed by atoms with Crippen molar-refractivity contribution in [1.82, 2.24) is 16.0 Å². The summed E-state index contributed by atoms with van der Waals surface area (Å²) >= 11 is 0. The minimum Gasteiger partial charge on any atom is -0.368 e. The Balaban J connectivity index is 1.43. The Labute approximate surface area is 157 Å². The number of carbonyl (C=O) groups excluding carboxylic acids is 1. The van der Waals surface area contributed by atoms with Crippen molar-refractivity contribution in [3.63, 3.8) is 0 Å². The number of aliphatic hydroxyl groups is 1. The molecule has 8 nitrogen and oxygen atoms in total. The van der Waals surface area contributed by atoms with E-state index in [9.17, 15) is 9.90 Å². The number of carbonyl (C=O) groups is 1. The number of hydrogen-bond acceptors (Lipinski definition) is 6. The van der Waals surface area contributed by atoms with Gasteiger partial charge in [-0.05, 0) is 24.3 Å². The van der Waals surface area contributed by atoms with Crippen molar-refractivity contribution in [2.45, 2.75) is 5.85 Å². The molecule has 2 aliphatic rings. The van der Waals surface area contributed by atoms with Crippen LogP contribution in [0.1, 0.15) is 11.1 Å². The third kappa shape index (κ3) is 3.92. The number of aliphatic imine (C=N–C) groups is 1. The highest BCUT2D eigenvalue weighted by Gasteiger charge is 2.32. The van der Waals surface area contributed by atoms with Crippen molar-refractivity contribution in [3.8, 4) is 0 Å². The third-order valence-electron chi connectivity index (χ3n) is 4.49. The maximum absolute atomic E-state index is 12.4. The van der Waals surface area contributed by atoms with Gasteiger partial charge >= 0.3 is 6.03 Å². The molecule has 2 aromatic carbocycles. The molecule has 0 unspecified atom stereocenters. The van der Waals surface area contributed by atoms with Crippen LogP contribution in [0.25, 0.3) is 0 Å². The second kappa shape index (κ2) is 7.36. The molecule has 2 aromatic rings. The molecule has 0 atom stereocenters. The summed E-state index contributed by atoms with van der Waals surface area (Å²) in [5.41, 5.74) is 2.85. The fraction of sp³-hybridized carbons (Fsp3) is 0.263. The zero-order valence-electron chi connectivity index (χ0n) is 14.7. The summed E-state index contributed by atoms with van der Waals surface area (Å²) in [7, 11) is 0. The first kappa shape index (κ1) is 17.5. The summed E-state index contributed by atoms with van der Waals surface area (Å²) < 4.78 is 0. The summed E-state index contributed by atoms with van der Waals surface area (Å²) in [4.78, 5) is 16.8. The van der Waals surface area contributed by atoms with Crippen LogP contribution < -0.4 is 26.6 Å². The lowest BCUT2D eigenvalue weighted by atomic mass is 10.1. The van der Waals surface area contributed by atoms with Gasteiger partial charge in [-0.25, -0.2) is 4.79 Å². The topological polar surface area (TPSA) is 110 Å². The van der Waals surface area contributed by atoms with E-state index in [1.54, 1.807) is 24.3 Å². The molecule has 0 spiro atoms. The molecule has 27 heavy (non-hydrogen) atoms. The number of nitrogens with zero attached hydrogens (tertiary/aromatic N) is 1. The average Bonchev–Trinajstić information content (AvgIpc) is 3.35. The number of amides is 2. The molecule has 0 saturated carbocycles. The number of nitrogens with one attached hydrogen (secondary N) is 5. The summed E-state index contributed by atoms with van der Waals surface area (Å²) in [6.45, 7) is 2.94. The van der Waals surface area contributed by atoms with E-state index in [4.69, 9.17) is 0 Å². The molecule has 2 amide bonds. The SMILES string of the molecule is O=C(Nc1cccc(C2=NCCN2)c1)Nc1cccc(C2(O)NCCN2)c1. The molecule has 1 saturated heterocycles. The van der Waals surface area contributed by atoms with E-state index in [2.05, 4.69) is 31.6 Å². The summed E-state index contributed by atoms with van der Waals surface area (Å²) in [6.07, 6.45) is 0. The molecule has 0 aromatic heterocycles. The van der Waals surface area contributed by atoms with Gasteiger partial charge in [0.05, 0.1) is 6.54 Å². The monoisotopic (exact) mass is 366 g/mol. The smallest absolute Gasteiger partial charge is 0.323 e. The van der Waals surface area contributed by atoms with Crippen molar-refractivity contribution < 1.29 is 9.90 Å². The molecule has 0 radical (unpaired) electrons. The maximum atomic E-state index is 12.4. The Bertz CT molecular complexity index is 876. The normalized spacial score (nSPS) is 17.9. The van der Waals surface area contributed by atoms with Gasteiger partial charge in [0.15, 0.2) is 5.85 Å². The number of rotatable bonds is 4. The minimum absolute atomic E-state index is 0.357. The fourth-order valence-electron chi connectivity index (χ4n) is 3.20. The number of anilines is 2. The maximum Gasteiger partial charge on any atom is 0.323 e. The Morgan fingerprint density at radius 2 is 1.70 bits per heavy atom. The van der Waals surface area contributed by atoms with Crippen molar-refractivity contribution >= 4 is 23.2 Å². The van der Waals surface area contributed by atoms with Crippen molar-refractivity contribution in [3.05, 3.63) is 59.7 Å². The van der Waals surface area contributed by atoms with Crippen LogP contribution in [0.5, 0.6) is 0 Å². The lowest BCUT2D eigenvalue weighted by Gasteiger charge is -2.24. The quantitative estimate of drug-likeness (QED) is 0.483. The lowest BCUT2D eigenvalue weighted by Crippen LogP contribution is -2.45. The predicted octanol–water partition coefficient (Wildman–Crippen LogP) is 0.976. The zero-order valence-corrected chi connectivity index (χ0v) is 14.7. The molecule has 2 aliphatic heterocycles. The van der Waals surface area contributed by atoms with Crippen LogP contribution in [0.2, 0.25) is 0 Å². The molecule has 1 fully saturated rings. The van der Waals surface area contributed by atoms with Gasteiger partial charge < -0.3 is 21.1 Å². The summed E-state index contributed by atoms with van der Waals surface area (Å²) in [5, 5.41) is 25.4. The van der Waals surface area contributed by atoms with E-state index in [0.717, 1.165) is 24.5 Å². The summed E-state index contributed by atoms with van der Waals surface area (Å²) in [6, 6.07) is 14.3. The highest BCUT2D eigenvalue weighted by Crippen LogP contribution is 2.21. The highest BCUT2D eigenvalue weighted by atomic mass is 16.3. The molecule has 0 bridgehead atoms. The Morgan fingerprint density at radius 3 is 2.41 bits per heavy atom. The van der Waals surface area contributed by atoms with Gasteiger partial charge in [0.25, 0.3) is 0 Å². The van der Waals surface area contributed by atoms with Crippen molar-refractivity contribution in [2.24, 2.45) is 4.99 Å². The van der Waals surface area contributed by atoms with Gasteiger partial charge in [-0.1, -0.05) is 24.3 Å². The Kier molecular flexibility index (Phi) is 4.76. The Hall–Kier alpha value is -2.94. The van der Waals surface area contributed by atoms with Gasteiger partial charge in [-0.2, -0.15) is 0 Å². The van der Waals surface area contributed by atoms with E-state index in [0.29, 0.717) is 30.0 Å². The molecule has 0 aliphatic carbocycles. The number of urea groups is 1. The van der Waals surface area contributed by atoms with E-state index >= 15 is 0 Å². The zero-order chi connectivity index (χ0) is 18.7. The summed E-state index contributed by atoms with van der Waals surface area (Å²) in [5.74, 6) is -0.422. The molecule has 6 N–H and O–H groups in total. The number of amidine groups is 1. The average molecular weight is 366 g/mol. The standard InChI is InChI=1S/C19H22N6O2/c26-18(24-15-5-1-3-13(11-15)17-20-7-8-21-17)25-16-6-2-4-14(12-16)19(27)22-9-10-23-19/h1-6,11-12,22-23,27H,7-10H2,(H,20,21)(H2,24,25,26). The van der Waals surface area contributed by atoms with Gasteiger partial charge in [0.2, 0.25) is 0 Å². The van der Waals surface area contributed by atoms with Crippen LogP contribution in [-0.2, 0) is 5.85 Å². The van der Waals surface area contributed by atoms with Gasteiger partial charge in [0, 0.05) is 42.1 Å². The first-order chi connectivity index (χ1) is 13.1. The Morgan fingerprint density at radius 1 is 1.00 bits per heavy atom. The van der Waals surface area contributed by atoms with Crippen molar-refractivity contribution in [1.29, 1.82) is 0 Å². The number of benzene rings is 2. The first-order valence-electron chi connectivity index (χ1n) is 8.92. The predicted molar refractivity (Wildman–Crippen MR) is 105 cm³/mol. The van der Waals surface area contributed by atoms with E-state index < -0.39 is 5.85 Å². The lowest BCUT2D eigenvalue weighted by molar-refractivity contribution is -0.00236. The van der Waals surface area contributed by atoms with Crippen LogP contribution in [0.3, 0.4) is 0 Å². The van der Waals surface area contributed by atoms with Gasteiger partial charge in [-0.3, -0.25) is 15.6 Å².